The van der Waals surface area contributed by atoms with Crippen molar-refractivity contribution in [1.82, 2.24) is 15.0 Å². The molecule has 7 nitrogen and oxygen atoms in total. The molecular weight excluding hydrogens is 360 g/mol. The Bertz CT molecular complexity index is 752. The molecule has 2 aromatic rings. The van der Waals surface area contributed by atoms with Crippen LogP contribution in [0.25, 0.3) is 0 Å². The average molecular weight is 383 g/mol. The van der Waals surface area contributed by atoms with Crippen molar-refractivity contribution < 1.29 is 27.6 Å². The van der Waals surface area contributed by atoms with Gasteiger partial charge in [-0.2, -0.15) is 13.8 Å². The van der Waals surface area contributed by atoms with Crippen molar-refractivity contribution in [1.29, 1.82) is 0 Å². The number of aryl methyl sites for hydroxylation is 2. The van der Waals surface area contributed by atoms with Crippen LogP contribution in [-0.4, -0.2) is 41.2 Å². The maximum atomic E-state index is 12.5. The lowest BCUT2D eigenvalue weighted by atomic mass is 10.1. The van der Waals surface area contributed by atoms with E-state index < -0.39 is 6.61 Å². The molecule has 0 aliphatic rings. The number of ether oxygens (including phenoxy) is 2. The first-order valence-corrected chi connectivity index (χ1v) is 8.62. The summed E-state index contributed by atoms with van der Waals surface area (Å²) >= 11 is 0. The monoisotopic (exact) mass is 383 g/mol. The largest absolute Gasteiger partial charge is 0.490 e. The van der Waals surface area contributed by atoms with Gasteiger partial charge in [0.2, 0.25) is 11.8 Å². The van der Waals surface area contributed by atoms with Crippen molar-refractivity contribution in [3.05, 3.63) is 35.5 Å². The second kappa shape index (κ2) is 9.84. The molecule has 0 radical (unpaired) electrons. The number of hydrogen-bond donors (Lipinski definition) is 0. The van der Waals surface area contributed by atoms with Crippen LogP contribution in [0.15, 0.2) is 22.7 Å². The van der Waals surface area contributed by atoms with Crippen molar-refractivity contribution in [3.63, 3.8) is 0 Å². The van der Waals surface area contributed by atoms with Gasteiger partial charge in [0.15, 0.2) is 17.3 Å². The summed E-state index contributed by atoms with van der Waals surface area (Å²) in [6.07, 6.45) is 1.47. The van der Waals surface area contributed by atoms with Crippen molar-refractivity contribution in [3.8, 4) is 11.5 Å². The van der Waals surface area contributed by atoms with E-state index >= 15 is 0 Å². The average Bonchev–Trinajstić information content (AvgIpc) is 3.02. The van der Waals surface area contributed by atoms with Gasteiger partial charge in [-0.15, -0.1) is 0 Å². The van der Waals surface area contributed by atoms with Crippen LogP contribution >= 0.6 is 0 Å². The Morgan fingerprint density at radius 3 is 2.74 bits per heavy atom. The topological polar surface area (TPSA) is 77.7 Å². The van der Waals surface area contributed by atoms with Gasteiger partial charge in [-0.1, -0.05) is 11.2 Å². The van der Waals surface area contributed by atoms with Crippen LogP contribution in [0.4, 0.5) is 8.78 Å². The van der Waals surface area contributed by atoms with Gasteiger partial charge in [-0.3, -0.25) is 4.79 Å². The number of nitrogens with zero attached hydrogens (tertiary/aromatic N) is 3. The standard InChI is InChI=1S/C18H23F2N3O4/c1-4-25-15-10-13(8-9-14(15)26-18(19)20)11-23(3)17(24)7-5-6-16-21-12(2)22-27-16/h8-10,18H,4-7,11H2,1-3H3. The van der Waals surface area contributed by atoms with E-state index in [0.717, 1.165) is 5.56 Å². The Kier molecular flexibility index (Phi) is 7.51. The fourth-order valence-electron chi connectivity index (χ4n) is 2.50. The molecule has 1 aromatic heterocycles. The normalized spacial score (nSPS) is 10.9. The maximum absolute atomic E-state index is 12.5. The minimum Gasteiger partial charge on any atom is -0.490 e. The first-order valence-electron chi connectivity index (χ1n) is 8.62. The van der Waals surface area contributed by atoms with Crippen LogP contribution in [-0.2, 0) is 17.8 Å². The summed E-state index contributed by atoms with van der Waals surface area (Å²) in [7, 11) is 1.68. The van der Waals surface area contributed by atoms with Gasteiger partial charge < -0.3 is 18.9 Å². The summed E-state index contributed by atoms with van der Waals surface area (Å²) in [6.45, 7) is 1.20. The molecule has 9 heteroatoms. The van der Waals surface area contributed by atoms with Gasteiger partial charge in [-0.05, 0) is 38.0 Å². The first-order chi connectivity index (χ1) is 12.9. The third-order valence-electron chi connectivity index (χ3n) is 3.72. The molecule has 0 unspecified atom stereocenters. The number of aromatic nitrogens is 2. The van der Waals surface area contributed by atoms with E-state index in [1.54, 1.807) is 37.9 Å². The Morgan fingerprint density at radius 2 is 2.11 bits per heavy atom. The lowest BCUT2D eigenvalue weighted by Gasteiger charge is -2.18. The maximum Gasteiger partial charge on any atom is 0.387 e. The smallest absolute Gasteiger partial charge is 0.387 e. The molecule has 1 amide bonds. The summed E-state index contributed by atoms with van der Waals surface area (Å²) in [5.41, 5.74) is 0.753. The molecule has 0 saturated carbocycles. The second-order valence-corrected chi connectivity index (χ2v) is 5.93. The molecular formula is C18H23F2N3O4. The number of alkyl halides is 2. The SMILES string of the molecule is CCOc1cc(CN(C)C(=O)CCCc2nc(C)no2)ccc1OC(F)F. The van der Waals surface area contributed by atoms with Gasteiger partial charge in [-0.25, -0.2) is 0 Å². The number of carbonyl (C=O) groups is 1. The molecule has 0 aliphatic heterocycles. The molecule has 148 valence electrons. The van der Waals surface area contributed by atoms with E-state index in [1.807, 2.05) is 0 Å². The molecule has 0 bridgehead atoms. The Labute approximate surface area is 156 Å². The summed E-state index contributed by atoms with van der Waals surface area (Å²) in [6, 6.07) is 4.65. The zero-order valence-corrected chi connectivity index (χ0v) is 15.6. The summed E-state index contributed by atoms with van der Waals surface area (Å²) in [5, 5.41) is 3.70. The van der Waals surface area contributed by atoms with Crippen LogP contribution in [0.1, 0.15) is 37.0 Å². The number of benzene rings is 1. The van der Waals surface area contributed by atoms with Crippen LogP contribution in [0.3, 0.4) is 0 Å². The summed E-state index contributed by atoms with van der Waals surface area (Å²) in [4.78, 5) is 17.9. The predicted octanol–water partition coefficient (Wildman–Crippen LogP) is 3.36. The van der Waals surface area contributed by atoms with E-state index in [4.69, 9.17) is 9.26 Å². The lowest BCUT2D eigenvalue weighted by Crippen LogP contribution is -2.26. The van der Waals surface area contributed by atoms with E-state index in [0.29, 0.717) is 44.1 Å². The van der Waals surface area contributed by atoms with Gasteiger partial charge in [0, 0.05) is 26.4 Å². The number of halogens is 2. The molecule has 0 fully saturated rings. The molecule has 0 atom stereocenters. The van der Waals surface area contributed by atoms with Crippen LogP contribution < -0.4 is 9.47 Å². The molecule has 1 heterocycles. The highest BCUT2D eigenvalue weighted by atomic mass is 19.3. The van der Waals surface area contributed by atoms with Crippen molar-refractivity contribution in [2.45, 2.75) is 46.3 Å². The van der Waals surface area contributed by atoms with Gasteiger partial charge >= 0.3 is 6.61 Å². The van der Waals surface area contributed by atoms with Gasteiger partial charge in [0.1, 0.15) is 0 Å². The highest BCUT2D eigenvalue weighted by Gasteiger charge is 2.14. The molecule has 0 N–H and O–H groups in total. The zero-order valence-electron chi connectivity index (χ0n) is 15.6. The van der Waals surface area contributed by atoms with E-state index in [-0.39, 0.29) is 17.4 Å². The minimum atomic E-state index is -2.93. The van der Waals surface area contributed by atoms with Crippen LogP contribution in [0.2, 0.25) is 0 Å². The lowest BCUT2D eigenvalue weighted by molar-refractivity contribution is -0.130. The summed E-state index contributed by atoms with van der Waals surface area (Å²) in [5.74, 6) is 1.23. The van der Waals surface area contributed by atoms with Crippen LogP contribution in [0.5, 0.6) is 11.5 Å². The molecule has 0 saturated heterocycles. The first kappa shape index (κ1) is 20.6. The third kappa shape index (κ3) is 6.50. The number of rotatable bonds is 10. The van der Waals surface area contributed by atoms with Gasteiger partial charge in [0.05, 0.1) is 6.61 Å². The molecule has 0 spiro atoms. The second-order valence-electron chi connectivity index (χ2n) is 5.93. The quantitative estimate of drug-likeness (QED) is 0.626. The zero-order chi connectivity index (χ0) is 19.8. The Balaban J connectivity index is 1.90. The molecule has 2 rings (SSSR count). The van der Waals surface area contributed by atoms with Crippen molar-refractivity contribution >= 4 is 5.91 Å². The number of hydrogen-bond acceptors (Lipinski definition) is 6. The molecule has 1 aromatic carbocycles. The van der Waals surface area contributed by atoms with E-state index in [9.17, 15) is 13.6 Å². The minimum absolute atomic E-state index is 0.0283. The number of carbonyl (C=O) groups excluding carboxylic acids is 1. The van der Waals surface area contributed by atoms with Crippen molar-refractivity contribution in [2.75, 3.05) is 13.7 Å². The number of amides is 1. The van der Waals surface area contributed by atoms with Gasteiger partial charge in [0.25, 0.3) is 0 Å². The predicted molar refractivity (Wildman–Crippen MR) is 92.7 cm³/mol. The molecule has 27 heavy (non-hydrogen) atoms. The van der Waals surface area contributed by atoms with Crippen LogP contribution in [0, 0.1) is 6.92 Å². The highest BCUT2D eigenvalue weighted by Crippen LogP contribution is 2.30. The fourth-order valence-corrected chi connectivity index (χ4v) is 2.50. The molecule has 0 aliphatic carbocycles. The van der Waals surface area contributed by atoms with Crippen molar-refractivity contribution in [2.24, 2.45) is 0 Å². The third-order valence-corrected chi connectivity index (χ3v) is 3.72. The fraction of sp³-hybridized carbons (Fsp3) is 0.500. The van der Waals surface area contributed by atoms with E-state index in [2.05, 4.69) is 14.9 Å². The Morgan fingerprint density at radius 1 is 1.33 bits per heavy atom. The highest BCUT2D eigenvalue weighted by molar-refractivity contribution is 5.75. The Hall–Kier alpha value is -2.71. The van der Waals surface area contributed by atoms with E-state index in [1.165, 1.54) is 6.07 Å². The summed E-state index contributed by atoms with van der Waals surface area (Å²) < 4.78 is 39.7.